The average Bonchev–Trinajstić information content (AvgIpc) is 2.56. The van der Waals surface area contributed by atoms with Crippen molar-refractivity contribution in [1.82, 2.24) is 10.3 Å². The highest BCUT2D eigenvalue weighted by atomic mass is 35.5. The van der Waals surface area contributed by atoms with Crippen molar-refractivity contribution in [2.24, 2.45) is 0 Å². The number of hydrogen-bond donors (Lipinski definition) is 1. The number of sulfone groups is 1. The first-order chi connectivity index (χ1) is 11.4. The van der Waals surface area contributed by atoms with E-state index in [0.717, 1.165) is 5.56 Å². The number of halogens is 1. The van der Waals surface area contributed by atoms with Crippen LogP contribution in [0.4, 0.5) is 0 Å². The topological polar surface area (TPSA) is 76.1 Å². The summed E-state index contributed by atoms with van der Waals surface area (Å²) in [5.41, 5.74) is 1.51. The van der Waals surface area contributed by atoms with Gasteiger partial charge < -0.3 is 5.32 Å². The van der Waals surface area contributed by atoms with Gasteiger partial charge >= 0.3 is 0 Å². The van der Waals surface area contributed by atoms with Crippen LogP contribution in [0.1, 0.15) is 22.8 Å². The highest BCUT2D eigenvalue weighted by molar-refractivity contribution is 7.91. The maximum Gasteiger partial charge on any atom is 0.221 e. The van der Waals surface area contributed by atoms with Crippen LogP contribution in [0.25, 0.3) is 0 Å². The summed E-state index contributed by atoms with van der Waals surface area (Å²) in [6.07, 6.45) is 3.22. The van der Waals surface area contributed by atoms with Crippen molar-refractivity contribution in [2.45, 2.75) is 23.5 Å². The van der Waals surface area contributed by atoms with Crippen LogP contribution in [0.3, 0.4) is 0 Å². The minimum atomic E-state index is -3.67. The molecule has 0 saturated carbocycles. The number of nitrogens with zero attached hydrogens (tertiary/aromatic N) is 1. The predicted octanol–water partition coefficient (Wildman–Crippen LogP) is 2.65. The number of carbonyl (C=O) groups is 1. The number of pyridine rings is 1. The van der Waals surface area contributed by atoms with Crippen LogP contribution < -0.4 is 5.32 Å². The summed E-state index contributed by atoms with van der Waals surface area (Å²) < 4.78 is 26.0. The van der Waals surface area contributed by atoms with E-state index in [4.69, 9.17) is 11.6 Å². The number of alkyl halides is 1. The highest BCUT2D eigenvalue weighted by Gasteiger charge is 2.29. The first kappa shape index (κ1) is 18.4. The summed E-state index contributed by atoms with van der Waals surface area (Å²) in [5, 5.41) is 1.73. The summed E-state index contributed by atoms with van der Waals surface area (Å²) in [6.45, 7) is 1.86. The molecule has 1 aromatic heterocycles. The molecule has 0 radical (unpaired) electrons. The van der Waals surface area contributed by atoms with Gasteiger partial charge in [0, 0.05) is 31.2 Å². The highest BCUT2D eigenvalue weighted by Crippen LogP contribution is 2.28. The fourth-order valence-electron chi connectivity index (χ4n) is 2.25. The van der Waals surface area contributed by atoms with E-state index in [9.17, 15) is 13.2 Å². The van der Waals surface area contributed by atoms with Gasteiger partial charge in [0.1, 0.15) is 5.25 Å². The second-order valence-corrected chi connectivity index (χ2v) is 7.88. The van der Waals surface area contributed by atoms with Gasteiger partial charge in [0.15, 0.2) is 9.84 Å². The molecule has 1 N–H and O–H groups in total. The zero-order valence-corrected chi connectivity index (χ0v) is 14.8. The lowest BCUT2D eigenvalue weighted by molar-refractivity contribution is -0.120. The predicted molar refractivity (Wildman–Crippen MR) is 93.7 cm³/mol. The molecule has 1 aromatic carbocycles. The standard InChI is InChI=1S/C17H19ClN2O3S/c1-13-4-6-15(7-5-13)24(22,23)16(12-20-17(21)8-9-18)14-3-2-10-19-11-14/h2-7,10-11,16H,8-9,12H2,1H3,(H,20,21)/t16-/m1/s1. The van der Waals surface area contributed by atoms with E-state index in [-0.39, 0.29) is 29.6 Å². The van der Waals surface area contributed by atoms with Crippen molar-refractivity contribution in [3.8, 4) is 0 Å². The Morgan fingerprint density at radius 2 is 1.96 bits per heavy atom. The molecule has 0 unspecified atom stereocenters. The molecule has 0 bridgehead atoms. The fourth-order valence-corrected chi connectivity index (χ4v) is 4.06. The van der Waals surface area contributed by atoms with Gasteiger partial charge in [-0.1, -0.05) is 23.8 Å². The molecule has 0 aliphatic carbocycles. The van der Waals surface area contributed by atoms with Gasteiger partial charge in [0.05, 0.1) is 4.90 Å². The number of nitrogens with one attached hydrogen (secondary N) is 1. The Balaban J connectivity index is 2.34. The quantitative estimate of drug-likeness (QED) is 0.764. The Hall–Kier alpha value is -1.92. The van der Waals surface area contributed by atoms with Gasteiger partial charge in [-0.2, -0.15) is 0 Å². The van der Waals surface area contributed by atoms with E-state index >= 15 is 0 Å². The Morgan fingerprint density at radius 3 is 2.54 bits per heavy atom. The molecule has 0 saturated heterocycles. The number of aryl methyl sites for hydroxylation is 1. The van der Waals surface area contributed by atoms with Gasteiger partial charge in [0.2, 0.25) is 5.91 Å². The summed E-state index contributed by atoms with van der Waals surface area (Å²) in [7, 11) is -3.67. The van der Waals surface area contributed by atoms with Crippen LogP contribution in [0, 0.1) is 6.92 Å². The molecule has 5 nitrogen and oxygen atoms in total. The minimum absolute atomic E-state index is 0.0301. The van der Waals surface area contributed by atoms with Gasteiger partial charge in [-0.15, -0.1) is 11.6 Å². The lowest BCUT2D eigenvalue weighted by atomic mass is 10.2. The van der Waals surface area contributed by atoms with Crippen molar-refractivity contribution in [3.05, 3.63) is 59.9 Å². The Labute approximate surface area is 147 Å². The number of amides is 1. The van der Waals surface area contributed by atoms with Crippen LogP contribution in [0.5, 0.6) is 0 Å². The first-order valence-electron chi connectivity index (χ1n) is 7.48. The number of benzene rings is 1. The molecule has 1 amide bonds. The van der Waals surface area contributed by atoms with Gasteiger partial charge in [-0.3, -0.25) is 9.78 Å². The smallest absolute Gasteiger partial charge is 0.221 e. The number of aromatic nitrogens is 1. The van der Waals surface area contributed by atoms with E-state index in [1.807, 2.05) is 6.92 Å². The first-order valence-corrected chi connectivity index (χ1v) is 9.56. The van der Waals surface area contributed by atoms with Crippen molar-refractivity contribution >= 4 is 27.3 Å². The van der Waals surface area contributed by atoms with E-state index in [2.05, 4.69) is 10.3 Å². The fraction of sp³-hybridized carbons (Fsp3) is 0.294. The third-order valence-electron chi connectivity index (χ3n) is 3.59. The van der Waals surface area contributed by atoms with Crippen molar-refractivity contribution in [3.63, 3.8) is 0 Å². The van der Waals surface area contributed by atoms with E-state index < -0.39 is 15.1 Å². The second kappa shape index (κ2) is 8.26. The Bertz CT molecular complexity index is 777. The zero-order chi connectivity index (χ0) is 17.6. The maximum absolute atomic E-state index is 13.0. The summed E-state index contributed by atoms with van der Waals surface area (Å²) in [5.74, 6) is -0.0910. The SMILES string of the molecule is Cc1ccc(S(=O)(=O)[C@H](CNC(=O)CCCl)c2cccnc2)cc1. The number of hydrogen-bond acceptors (Lipinski definition) is 4. The van der Waals surface area contributed by atoms with E-state index in [1.54, 1.807) is 42.6 Å². The van der Waals surface area contributed by atoms with Crippen molar-refractivity contribution in [2.75, 3.05) is 12.4 Å². The normalized spacial score (nSPS) is 12.6. The third-order valence-corrected chi connectivity index (χ3v) is 5.89. The van der Waals surface area contributed by atoms with Crippen LogP contribution in [0.2, 0.25) is 0 Å². The van der Waals surface area contributed by atoms with Crippen molar-refractivity contribution in [1.29, 1.82) is 0 Å². The van der Waals surface area contributed by atoms with Crippen LogP contribution in [-0.2, 0) is 14.6 Å². The van der Waals surface area contributed by atoms with E-state index in [1.165, 1.54) is 6.20 Å². The molecule has 0 spiro atoms. The Morgan fingerprint density at radius 1 is 1.25 bits per heavy atom. The minimum Gasteiger partial charge on any atom is -0.354 e. The largest absolute Gasteiger partial charge is 0.354 e. The molecule has 0 aliphatic heterocycles. The second-order valence-electron chi connectivity index (χ2n) is 5.38. The third kappa shape index (κ3) is 4.55. The average molecular weight is 367 g/mol. The molecule has 0 fully saturated rings. The molecule has 0 aliphatic rings. The molecule has 1 atom stereocenters. The van der Waals surface area contributed by atoms with Gasteiger partial charge in [-0.05, 0) is 30.7 Å². The van der Waals surface area contributed by atoms with Gasteiger partial charge in [0.25, 0.3) is 0 Å². The number of carbonyl (C=O) groups excluding carboxylic acids is 1. The lowest BCUT2D eigenvalue weighted by Crippen LogP contribution is -2.32. The molecule has 2 aromatic rings. The zero-order valence-electron chi connectivity index (χ0n) is 13.3. The van der Waals surface area contributed by atoms with Crippen molar-refractivity contribution < 1.29 is 13.2 Å². The van der Waals surface area contributed by atoms with Gasteiger partial charge in [-0.25, -0.2) is 8.42 Å². The van der Waals surface area contributed by atoms with Crippen LogP contribution >= 0.6 is 11.6 Å². The van der Waals surface area contributed by atoms with Crippen LogP contribution in [-0.4, -0.2) is 31.7 Å². The summed E-state index contributed by atoms with van der Waals surface area (Å²) in [6, 6.07) is 10.0. The maximum atomic E-state index is 13.0. The molecule has 128 valence electrons. The number of rotatable bonds is 7. The lowest BCUT2D eigenvalue weighted by Gasteiger charge is -2.18. The molecule has 7 heteroatoms. The summed E-state index contributed by atoms with van der Waals surface area (Å²) in [4.78, 5) is 15.9. The molecule has 24 heavy (non-hydrogen) atoms. The molecular weight excluding hydrogens is 348 g/mol. The van der Waals surface area contributed by atoms with Crippen LogP contribution in [0.15, 0.2) is 53.7 Å². The monoisotopic (exact) mass is 366 g/mol. The summed E-state index contributed by atoms with van der Waals surface area (Å²) >= 11 is 5.54. The van der Waals surface area contributed by atoms with E-state index in [0.29, 0.717) is 5.56 Å². The Kier molecular flexibility index (Phi) is 6.34. The molecule has 2 rings (SSSR count). The molecule has 1 heterocycles. The molecular formula is C17H19ClN2O3S.